The van der Waals surface area contributed by atoms with Crippen LogP contribution in [0.15, 0.2) is 24.3 Å². The highest BCUT2D eigenvalue weighted by Gasteiger charge is 2.30. The van der Waals surface area contributed by atoms with Gasteiger partial charge in [0.25, 0.3) is 5.91 Å². The molecular weight excluding hydrogens is 311 g/mol. The lowest BCUT2D eigenvalue weighted by Crippen LogP contribution is -2.36. The second-order valence-corrected chi connectivity index (χ2v) is 5.10. The Bertz CT molecular complexity index is 506. The van der Waals surface area contributed by atoms with Crippen molar-refractivity contribution in [2.75, 3.05) is 26.9 Å². The fourth-order valence-corrected chi connectivity index (χ4v) is 2.01. The number of hydrogen-bond donors (Lipinski definition) is 0. The smallest absolute Gasteiger partial charge is 0.379 e. The maximum atomic E-state index is 12.7. The Labute approximate surface area is 134 Å². The van der Waals surface area contributed by atoms with E-state index >= 15 is 0 Å². The van der Waals surface area contributed by atoms with Gasteiger partial charge in [0, 0.05) is 20.2 Å². The first-order valence-electron chi connectivity index (χ1n) is 7.36. The van der Waals surface area contributed by atoms with Gasteiger partial charge in [-0.3, -0.25) is 4.79 Å². The Kier molecular flexibility index (Phi) is 7.51. The van der Waals surface area contributed by atoms with Crippen LogP contribution in [0, 0.1) is 0 Å². The SMILES string of the molecule is CCOCCO[C@@H](C)C(=O)N(C)Cc1cccc(C(F)(F)F)c1. The summed E-state index contributed by atoms with van der Waals surface area (Å²) in [5, 5.41) is 0. The average molecular weight is 333 g/mol. The van der Waals surface area contributed by atoms with Gasteiger partial charge < -0.3 is 14.4 Å². The van der Waals surface area contributed by atoms with Crippen LogP contribution in [0.5, 0.6) is 0 Å². The van der Waals surface area contributed by atoms with Crippen molar-refractivity contribution in [2.24, 2.45) is 0 Å². The van der Waals surface area contributed by atoms with Crippen LogP contribution in [0.25, 0.3) is 0 Å². The van der Waals surface area contributed by atoms with Crippen LogP contribution in [0.4, 0.5) is 13.2 Å². The molecule has 130 valence electrons. The maximum absolute atomic E-state index is 12.7. The van der Waals surface area contributed by atoms with E-state index in [1.165, 1.54) is 18.0 Å². The maximum Gasteiger partial charge on any atom is 0.416 e. The van der Waals surface area contributed by atoms with E-state index in [1.807, 2.05) is 6.92 Å². The van der Waals surface area contributed by atoms with Gasteiger partial charge >= 0.3 is 6.18 Å². The highest BCUT2D eigenvalue weighted by Crippen LogP contribution is 2.29. The molecule has 4 nitrogen and oxygen atoms in total. The van der Waals surface area contributed by atoms with E-state index in [0.717, 1.165) is 12.1 Å². The second-order valence-electron chi connectivity index (χ2n) is 5.10. The predicted octanol–water partition coefficient (Wildman–Crippen LogP) is 3.11. The number of likely N-dealkylation sites (N-methyl/N-ethyl adjacent to an activating group) is 1. The fraction of sp³-hybridized carbons (Fsp3) is 0.562. The second kappa shape index (κ2) is 8.88. The Morgan fingerprint density at radius 2 is 2.00 bits per heavy atom. The van der Waals surface area contributed by atoms with E-state index in [0.29, 0.717) is 18.8 Å². The largest absolute Gasteiger partial charge is 0.416 e. The summed E-state index contributed by atoms with van der Waals surface area (Å²) in [5.41, 5.74) is -0.311. The van der Waals surface area contributed by atoms with Gasteiger partial charge in [-0.15, -0.1) is 0 Å². The van der Waals surface area contributed by atoms with Gasteiger partial charge in [0.05, 0.1) is 18.8 Å². The van der Waals surface area contributed by atoms with Crippen molar-refractivity contribution in [1.82, 2.24) is 4.90 Å². The van der Waals surface area contributed by atoms with Crippen molar-refractivity contribution in [2.45, 2.75) is 32.7 Å². The third kappa shape index (κ3) is 6.58. The number of amides is 1. The minimum atomic E-state index is -4.39. The molecule has 0 fully saturated rings. The zero-order chi connectivity index (χ0) is 17.5. The van der Waals surface area contributed by atoms with Crippen molar-refractivity contribution in [3.8, 4) is 0 Å². The summed E-state index contributed by atoms with van der Waals surface area (Å²) < 4.78 is 48.5. The number of rotatable bonds is 8. The molecule has 0 aliphatic rings. The number of benzene rings is 1. The molecule has 1 aromatic rings. The molecule has 0 N–H and O–H groups in total. The Hall–Kier alpha value is -1.60. The zero-order valence-electron chi connectivity index (χ0n) is 13.5. The van der Waals surface area contributed by atoms with E-state index in [1.54, 1.807) is 13.0 Å². The minimum absolute atomic E-state index is 0.0852. The van der Waals surface area contributed by atoms with Gasteiger partial charge in [0.2, 0.25) is 0 Å². The lowest BCUT2D eigenvalue weighted by Gasteiger charge is -2.22. The number of ether oxygens (including phenoxy) is 2. The predicted molar refractivity (Wildman–Crippen MR) is 79.8 cm³/mol. The third-order valence-corrected chi connectivity index (χ3v) is 3.20. The van der Waals surface area contributed by atoms with E-state index in [4.69, 9.17) is 9.47 Å². The van der Waals surface area contributed by atoms with Crippen molar-refractivity contribution in [3.05, 3.63) is 35.4 Å². The number of alkyl halides is 3. The molecule has 1 amide bonds. The van der Waals surface area contributed by atoms with Gasteiger partial charge in [0.15, 0.2) is 0 Å². The summed E-state index contributed by atoms with van der Waals surface area (Å²) >= 11 is 0. The van der Waals surface area contributed by atoms with Crippen LogP contribution in [0.1, 0.15) is 25.0 Å². The fourth-order valence-electron chi connectivity index (χ4n) is 2.01. The molecule has 0 saturated carbocycles. The van der Waals surface area contributed by atoms with Gasteiger partial charge in [-0.2, -0.15) is 13.2 Å². The molecule has 1 atom stereocenters. The van der Waals surface area contributed by atoms with Gasteiger partial charge in [0.1, 0.15) is 6.10 Å². The molecule has 0 aliphatic heterocycles. The third-order valence-electron chi connectivity index (χ3n) is 3.20. The Morgan fingerprint density at radius 3 is 2.61 bits per heavy atom. The van der Waals surface area contributed by atoms with Crippen LogP contribution < -0.4 is 0 Å². The highest BCUT2D eigenvalue weighted by molar-refractivity contribution is 5.80. The molecule has 0 spiro atoms. The number of carbonyl (C=O) groups excluding carboxylic acids is 1. The normalized spacial score (nSPS) is 13.0. The first-order chi connectivity index (χ1) is 10.8. The molecule has 1 rings (SSSR count). The number of carbonyl (C=O) groups is 1. The molecule has 0 saturated heterocycles. The molecule has 1 aromatic carbocycles. The average Bonchev–Trinajstić information content (AvgIpc) is 2.50. The first kappa shape index (κ1) is 19.4. The topological polar surface area (TPSA) is 38.8 Å². The highest BCUT2D eigenvalue weighted by atomic mass is 19.4. The van der Waals surface area contributed by atoms with Gasteiger partial charge in [-0.05, 0) is 31.5 Å². The monoisotopic (exact) mass is 333 g/mol. The van der Waals surface area contributed by atoms with Crippen molar-refractivity contribution in [1.29, 1.82) is 0 Å². The van der Waals surface area contributed by atoms with Crippen LogP contribution >= 0.6 is 0 Å². The van der Waals surface area contributed by atoms with E-state index < -0.39 is 17.8 Å². The molecule has 0 bridgehead atoms. The zero-order valence-corrected chi connectivity index (χ0v) is 13.5. The van der Waals surface area contributed by atoms with Crippen molar-refractivity contribution >= 4 is 5.91 Å². The summed E-state index contributed by atoms with van der Waals surface area (Å²) in [6.45, 7) is 4.81. The van der Waals surface area contributed by atoms with E-state index in [9.17, 15) is 18.0 Å². The standard InChI is InChI=1S/C16H22F3NO3/c1-4-22-8-9-23-12(2)15(21)20(3)11-13-6-5-7-14(10-13)16(17,18)19/h5-7,10,12H,4,8-9,11H2,1-3H3/t12-/m0/s1. The van der Waals surface area contributed by atoms with E-state index in [-0.39, 0.29) is 19.1 Å². The Morgan fingerprint density at radius 1 is 1.30 bits per heavy atom. The molecular formula is C16H22F3NO3. The number of nitrogens with zero attached hydrogens (tertiary/aromatic N) is 1. The molecule has 0 heterocycles. The van der Waals surface area contributed by atoms with Crippen LogP contribution in [-0.4, -0.2) is 43.8 Å². The lowest BCUT2D eigenvalue weighted by atomic mass is 10.1. The Balaban J connectivity index is 2.58. The quantitative estimate of drug-likeness (QED) is 0.686. The minimum Gasteiger partial charge on any atom is -0.379 e. The molecule has 0 aliphatic carbocycles. The molecule has 0 radical (unpaired) electrons. The summed E-state index contributed by atoms with van der Waals surface area (Å²) in [5.74, 6) is -0.293. The van der Waals surface area contributed by atoms with Gasteiger partial charge in [-0.1, -0.05) is 12.1 Å². The summed E-state index contributed by atoms with van der Waals surface area (Å²) in [6.07, 6.45) is -5.07. The van der Waals surface area contributed by atoms with Crippen LogP contribution in [0.3, 0.4) is 0 Å². The summed E-state index contributed by atoms with van der Waals surface area (Å²) in [4.78, 5) is 13.5. The number of hydrogen-bond acceptors (Lipinski definition) is 3. The van der Waals surface area contributed by atoms with Crippen molar-refractivity contribution in [3.63, 3.8) is 0 Å². The molecule has 0 aromatic heterocycles. The van der Waals surface area contributed by atoms with Gasteiger partial charge in [-0.25, -0.2) is 0 Å². The molecule has 7 heteroatoms. The summed E-state index contributed by atoms with van der Waals surface area (Å²) in [6, 6.07) is 4.94. The summed E-state index contributed by atoms with van der Waals surface area (Å²) in [7, 11) is 1.53. The van der Waals surface area contributed by atoms with Crippen LogP contribution in [-0.2, 0) is 27.0 Å². The van der Waals surface area contributed by atoms with E-state index in [2.05, 4.69) is 0 Å². The first-order valence-corrected chi connectivity index (χ1v) is 7.36. The molecule has 23 heavy (non-hydrogen) atoms. The number of halogens is 3. The lowest BCUT2D eigenvalue weighted by molar-refractivity contribution is -0.142. The van der Waals surface area contributed by atoms with Crippen molar-refractivity contribution < 1.29 is 27.4 Å². The molecule has 0 unspecified atom stereocenters. The van der Waals surface area contributed by atoms with Crippen LogP contribution in [0.2, 0.25) is 0 Å².